The van der Waals surface area contributed by atoms with Gasteiger partial charge >= 0.3 is 0 Å². The SMILES string of the molecule is Cc1nn(C)cc1-n1c(CCl)nc2cccc(Cl)c21. The van der Waals surface area contributed by atoms with Crippen LogP contribution in [0.4, 0.5) is 0 Å². The Morgan fingerprint density at radius 2 is 2.11 bits per heavy atom. The van der Waals surface area contributed by atoms with E-state index in [1.165, 1.54) is 0 Å². The molecule has 98 valence electrons. The van der Waals surface area contributed by atoms with Gasteiger partial charge in [0.05, 0.1) is 33.3 Å². The van der Waals surface area contributed by atoms with E-state index < -0.39 is 0 Å². The van der Waals surface area contributed by atoms with E-state index in [4.69, 9.17) is 23.2 Å². The van der Waals surface area contributed by atoms with Crippen LogP contribution in [0.2, 0.25) is 5.02 Å². The number of fused-ring (bicyclic) bond motifs is 1. The van der Waals surface area contributed by atoms with Crippen LogP contribution < -0.4 is 0 Å². The van der Waals surface area contributed by atoms with Crippen molar-refractivity contribution in [1.29, 1.82) is 0 Å². The molecule has 0 radical (unpaired) electrons. The minimum Gasteiger partial charge on any atom is -0.290 e. The number of hydrogen-bond acceptors (Lipinski definition) is 2. The van der Waals surface area contributed by atoms with Crippen molar-refractivity contribution >= 4 is 34.2 Å². The number of hydrogen-bond donors (Lipinski definition) is 0. The summed E-state index contributed by atoms with van der Waals surface area (Å²) in [7, 11) is 1.89. The number of rotatable bonds is 2. The summed E-state index contributed by atoms with van der Waals surface area (Å²) in [5, 5.41) is 5.02. The van der Waals surface area contributed by atoms with E-state index in [1.54, 1.807) is 4.68 Å². The second-order valence-corrected chi connectivity index (χ2v) is 5.05. The van der Waals surface area contributed by atoms with Gasteiger partial charge in [0.15, 0.2) is 0 Å². The van der Waals surface area contributed by atoms with Crippen LogP contribution in [0.15, 0.2) is 24.4 Å². The first-order valence-corrected chi connectivity index (χ1v) is 6.75. The number of alkyl halides is 1. The van der Waals surface area contributed by atoms with Crippen molar-refractivity contribution in [2.45, 2.75) is 12.8 Å². The van der Waals surface area contributed by atoms with Crippen molar-refractivity contribution in [2.24, 2.45) is 7.05 Å². The molecular formula is C13H12Cl2N4. The third-order valence-corrected chi connectivity index (χ3v) is 3.59. The first-order chi connectivity index (χ1) is 9.11. The maximum Gasteiger partial charge on any atom is 0.129 e. The smallest absolute Gasteiger partial charge is 0.129 e. The van der Waals surface area contributed by atoms with Gasteiger partial charge in [-0.05, 0) is 19.1 Å². The van der Waals surface area contributed by atoms with E-state index in [0.29, 0.717) is 10.9 Å². The van der Waals surface area contributed by atoms with Crippen molar-refractivity contribution in [2.75, 3.05) is 0 Å². The molecule has 2 aromatic heterocycles. The van der Waals surface area contributed by atoms with Gasteiger partial charge in [-0.25, -0.2) is 4.98 Å². The predicted molar refractivity (Wildman–Crippen MR) is 77.1 cm³/mol. The zero-order valence-corrected chi connectivity index (χ0v) is 12.1. The van der Waals surface area contributed by atoms with Crippen LogP contribution in [0, 0.1) is 6.92 Å². The molecule has 0 aliphatic heterocycles. The van der Waals surface area contributed by atoms with Crippen LogP contribution in [0.3, 0.4) is 0 Å². The molecule has 3 rings (SSSR count). The molecule has 0 spiro atoms. The fourth-order valence-corrected chi connectivity index (χ4v) is 2.72. The minimum absolute atomic E-state index is 0.319. The average Bonchev–Trinajstić information content (AvgIpc) is 2.89. The van der Waals surface area contributed by atoms with E-state index in [0.717, 1.165) is 28.2 Å². The van der Waals surface area contributed by atoms with Gasteiger partial charge < -0.3 is 0 Å². The highest BCUT2D eigenvalue weighted by Crippen LogP contribution is 2.29. The lowest BCUT2D eigenvalue weighted by molar-refractivity contribution is 0.756. The van der Waals surface area contributed by atoms with E-state index in [9.17, 15) is 0 Å². The van der Waals surface area contributed by atoms with Crippen LogP contribution in [-0.4, -0.2) is 19.3 Å². The molecular weight excluding hydrogens is 283 g/mol. The van der Waals surface area contributed by atoms with E-state index in [-0.39, 0.29) is 0 Å². The highest BCUT2D eigenvalue weighted by atomic mass is 35.5. The number of benzene rings is 1. The summed E-state index contributed by atoms with van der Waals surface area (Å²) in [6.45, 7) is 1.95. The zero-order chi connectivity index (χ0) is 13.6. The van der Waals surface area contributed by atoms with Crippen molar-refractivity contribution in [3.05, 3.63) is 40.9 Å². The number of aryl methyl sites for hydroxylation is 2. The fourth-order valence-electron chi connectivity index (χ4n) is 2.29. The summed E-state index contributed by atoms with van der Waals surface area (Å²) in [6, 6.07) is 5.67. The van der Waals surface area contributed by atoms with E-state index >= 15 is 0 Å². The van der Waals surface area contributed by atoms with E-state index in [1.807, 2.05) is 42.9 Å². The van der Waals surface area contributed by atoms with Crippen molar-refractivity contribution in [3.8, 4) is 5.69 Å². The predicted octanol–water partition coefficient (Wildman–Crippen LogP) is 3.46. The fraction of sp³-hybridized carbons (Fsp3) is 0.231. The molecule has 0 unspecified atom stereocenters. The molecule has 0 atom stereocenters. The summed E-state index contributed by atoms with van der Waals surface area (Å²) < 4.78 is 3.75. The van der Waals surface area contributed by atoms with Crippen LogP contribution in [0.5, 0.6) is 0 Å². The summed E-state index contributed by atoms with van der Waals surface area (Å²) in [6.07, 6.45) is 1.94. The Balaban J connectivity index is 2.41. The lowest BCUT2D eigenvalue weighted by Gasteiger charge is -2.06. The van der Waals surface area contributed by atoms with Crippen LogP contribution in [-0.2, 0) is 12.9 Å². The standard InChI is InChI=1S/C13H12Cl2N4/c1-8-11(7-18(2)17-8)19-12(6-14)16-10-5-3-4-9(15)13(10)19/h3-5,7H,6H2,1-2H3. The number of aromatic nitrogens is 4. The molecule has 0 saturated heterocycles. The van der Waals surface area contributed by atoms with Gasteiger partial charge in [-0.2, -0.15) is 5.10 Å². The molecule has 3 aromatic rings. The minimum atomic E-state index is 0.319. The topological polar surface area (TPSA) is 35.6 Å². The largest absolute Gasteiger partial charge is 0.290 e. The number of nitrogens with zero attached hydrogens (tertiary/aromatic N) is 4. The first-order valence-electron chi connectivity index (χ1n) is 5.84. The van der Waals surface area contributed by atoms with E-state index in [2.05, 4.69) is 10.1 Å². The quantitative estimate of drug-likeness (QED) is 0.679. The van der Waals surface area contributed by atoms with Crippen LogP contribution in [0.25, 0.3) is 16.7 Å². The van der Waals surface area contributed by atoms with Crippen molar-refractivity contribution < 1.29 is 0 Å². The van der Waals surface area contributed by atoms with Gasteiger partial charge in [0.2, 0.25) is 0 Å². The van der Waals surface area contributed by atoms with Gasteiger partial charge in [0.1, 0.15) is 5.82 Å². The maximum absolute atomic E-state index is 6.31. The number of para-hydroxylation sites is 1. The Hall–Kier alpha value is -1.52. The lowest BCUT2D eigenvalue weighted by Crippen LogP contribution is -2.00. The second-order valence-electron chi connectivity index (χ2n) is 4.38. The molecule has 0 saturated carbocycles. The van der Waals surface area contributed by atoms with Crippen LogP contribution in [0.1, 0.15) is 11.5 Å². The molecule has 0 amide bonds. The molecule has 0 N–H and O–H groups in total. The van der Waals surface area contributed by atoms with Gasteiger partial charge in [0, 0.05) is 13.2 Å². The highest BCUT2D eigenvalue weighted by Gasteiger charge is 2.17. The average molecular weight is 295 g/mol. The zero-order valence-electron chi connectivity index (χ0n) is 10.6. The highest BCUT2D eigenvalue weighted by molar-refractivity contribution is 6.35. The Bertz CT molecular complexity index is 757. The van der Waals surface area contributed by atoms with Gasteiger partial charge in [0.25, 0.3) is 0 Å². The molecule has 6 heteroatoms. The summed E-state index contributed by atoms with van der Waals surface area (Å²) >= 11 is 12.3. The Morgan fingerprint density at radius 3 is 2.74 bits per heavy atom. The molecule has 19 heavy (non-hydrogen) atoms. The lowest BCUT2D eigenvalue weighted by atomic mass is 10.3. The van der Waals surface area contributed by atoms with Gasteiger partial charge in [-0.3, -0.25) is 9.25 Å². The van der Waals surface area contributed by atoms with Crippen molar-refractivity contribution in [3.63, 3.8) is 0 Å². The number of imidazole rings is 1. The normalized spacial score (nSPS) is 11.4. The molecule has 4 nitrogen and oxygen atoms in total. The maximum atomic E-state index is 6.31. The molecule has 0 aliphatic rings. The molecule has 0 bridgehead atoms. The van der Waals surface area contributed by atoms with Crippen LogP contribution >= 0.6 is 23.2 Å². The molecule has 2 heterocycles. The molecule has 0 aliphatic carbocycles. The first kappa shape index (κ1) is 12.5. The Labute approximate surface area is 120 Å². The van der Waals surface area contributed by atoms with Gasteiger partial charge in [-0.15, -0.1) is 11.6 Å². The number of halogens is 2. The Kier molecular flexibility index (Phi) is 2.99. The Morgan fingerprint density at radius 1 is 1.32 bits per heavy atom. The second kappa shape index (κ2) is 4.54. The van der Waals surface area contributed by atoms with Gasteiger partial charge in [-0.1, -0.05) is 17.7 Å². The summed E-state index contributed by atoms with van der Waals surface area (Å²) in [5.41, 5.74) is 3.57. The summed E-state index contributed by atoms with van der Waals surface area (Å²) in [4.78, 5) is 4.53. The molecule has 0 fully saturated rings. The monoisotopic (exact) mass is 294 g/mol. The third kappa shape index (κ3) is 1.91. The van der Waals surface area contributed by atoms with Crippen molar-refractivity contribution in [1.82, 2.24) is 19.3 Å². The summed E-state index contributed by atoms with van der Waals surface area (Å²) in [5.74, 6) is 1.08. The molecule has 1 aromatic carbocycles. The third-order valence-electron chi connectivity index (χ3n) is 3.04.